The summed E-state index contributed by atoms with van der Waals surface area (Å²) >= 11 is 27.2. The van der Waals surface area contributed by atoms with Crippen LogP contribution in [0.5, 0.6) is 0 Å². The summed E-state index contributed by atoms with van der Waals surface area (Å²) in [5.41, 5.74) is 12.3. The number of halogens is 6. The maximum absolute atomic E-state index is 6.35. The van der Waals surface area contributed by atoms with Crippen molar-refractivity contribution < 1.29 is 51.8 Å². The van der Waals surface area contributed by atoms with Crippen LogP contribution in [-0.4, -0.2) is 76.4 Å². The molecule has 0 saturated carbocycles. The van der Waals surface area contributed by atoms with Gasteiger partial charge in [0.15, 0.2) is 52.4 Å². The first-order valence-corrected chi connectivity index (χ1v) is 41.1. The molecule has 17 rings (SSSR count). The maximum Gasteiger partial charge on any atom is 1.00 e. The van der Waals surface area contributed by atoms with Crippen LogP contribution in [0, 0.1) is 16.6 Å². The third kappa shape index (κ3) is 24.3. The fourth-order valence-corrected chi connectivity index (χ4v) is 13.8. The summed E-state index contributed by atoms with van der Waals surface area (Å²) in [6.45, 7) is 15.9. The van der Waals surface area contributed by atoms with Crippen molar-refractivity contribution in [3.8, 4) is 125 Å². The van der Waals surface area contributed by atoms with E-state index in [0.717, 1.165) is 111 Å². The number of benzene rings is 12. The Balaban J connectivity index is 0.000000164. The van der Waals surface area contributed by atoms with Crippen LogP contribution in [0.4, 0.5) is 0 Å². The third-order valence-corrected chi connectivity index (χ3v) is 22.2. The number of rotatable bonds is 13. The topological polar surface area (TPSA) is 144 Å². The molecule has 12 aromatic carbocycles. The Bertz CT molecular complexity index is 5440. The van der Waals surface area contributed by atoms with Crippen LogP contribution in [0.15, 0.2) is 318 Å². The van der Waals surface area contributed by atoms with Crippen molar-refractivity contribution in [2.75, 3.05) is 13.2 Å². The SMILES string of the molecule is C1CCOC1.CC1(C)OB(c2ccccc2-c2nc(-c3ccccc3)nc(-c3ccccc3)n2)OC1(C)C.Clc1c[c-]c(-c2ccccc2-c2nc(-c3ccccc3)nc(-c3ccccc3)n2)cc1.Clc1ccc(-c2ccccc2-c2nc(-c3ccccc3)nc(-c3ccccc3)n2)c(Br)c1.Clc1ccc(I)c(Br)c1.[CH2-]CCC.[Li+].[Li+]. The largest absolute Gasteiger partial charge is 1.00 e. The molecule has 0 aliphatic carbocycles. The van der Waals surface area contributed by atoms with Gasteiger partial charge in [-0.2, -0.15) is 6.42 Å². The van der Waals surface area contributed by atoms with Crippen LogP contribution in [0.25, 0.3) is 125 Å². The molecule has 570 valence electrons. The van der Waals surface area contributed by atoms with Gasteiger partial charge >= 0.3 is 44.8 Å². The van der Waals surface area contributed by atoms with Gasteiger partial charge in [0.05, 0.1) is 11.2 Å². The molecule has 0 N–H and O–H groups in total. The van der Waals surface area contributed by atoms with Crippen molar-refractivity contribution in [3.63, 3.8) is 0 Å². The molecule has 0 bridgehead atoms. The van der Waals surface area contributed by atoms with E-state index >= 15 is 0 Å². The van der Waals surface area contributed by atoms with Crippen molar-refractivity contribution in [1.29, 1.82) is 0 Å². The molecule has 3 aromatic heterocycles. The van der Waals surface area contributed by atoms with Gasteiger partial charge < -0.3 is 21.0 Å². The van der Waals surface area contributed by atoms with E-state index in [9.17, 15) is 0 Å². The first-order valence-electron chi connectivity index (χ1n) is 37.3. The molecule has 21 heteroatoms. The summed E-state index contributed by atoms with van der Waals surface area (Å²) in [6, 6.07) is 104. The van der Waals surface area contributed by atoms with E-state index in [-0.39, 0.29) is 37.7 Å². The average molecular weight is 1810 g/mol. The Morgan fingerprint density at radius 3 is 1.00 bits per heavy atom. The number of aromatic nitrogens is 9. The van der Waals surface area contributed by atoms with E-state index in [2.05, 4.69) is 108 Å². The summed E-state index contributed by atoms with van der Waals surface area (Å²) in [5, 5.41) is 2.09. The minimum atomic E-state index is -0.511. The van der Waals surface area contributed by atoms with Gasteiger partial charge in [0.1, 0.15) is 0 Å². The van der Waals surface area contributed by atoms with Crippen LogP contribution in [0.3, 0.4) is 0 Å². The van der Waals surface area contributed by atoms with Crippen LogP contribution < -0.4 is 43.2 Å². The van der Waals surface area contributed by atoms with Crippen LogP contribution in [0.2, 0.25) is 15.1 Å². The van der Waals surface area contributed by atoms with E-state index in [4.69, 9.17) is 93.7 Å². The Labute approximate surface area is 750 Å². The molecular weight excluding hydrogens is 1730 g/mol. The Morgan fingerprint density at radius 2 is 0.672 bits per heavy atom. The normalized spacial score (nSPS) is 12.6. The second kappa shape index (κ2) is 44.2. The zero-order valence-electron chi connectivity index (χ0n) is 65.5. The standard InChI is InChI=1S/C27H26BN3O2.C27H17BrClN3.C27H17ClN3.C6H3BrClI.C4H8O.C4H9.2Li/c1-26(2)27(3,4)33-28(32-26)22-18-12-11-17-21(22)25-30-23(19-13-7-5-8-14-19)29-24(31-25)20-15-9-6-10-16-20;28-24-17-20(29)15-16-22(24)21-13-7-8-14-23(21)27-31-25(18-9-3-1-4-10-18)30-26(32-27)19-11-5-2-6-12-19;28-22-17-15-19(16-18-22)23-13-7-8-14-24(23)27-30-25(20-9-3-1-4-10-20)29-26(31-27)21-11-5-2-6-12-21;7-5-3-4(8)1-2-6(5)9;1-2-4-5-3-1;1-3-4-2;;/h5-18H,1-4H3;1-17H;1-15,17-18H;1-3H;1-4H2;1,3-4H2,2H3;;/q;;-1;;;-1;2*+1. The van der Waals surface area contributed by atoms with Gasteiger partial charge in [-0.1, -0.05) is 319 Å². The molecule has 15 aromatic rings. The number of hydrogen-bond donors (Lipinski definition) is 0. The van der Waals surface area contributed by atoms with Crippen LogP contribution in [0.1, 0.15) is 60.3 Å². The summed E-state index contributed by atoms with van der Waals surface area (Å²) in [7, 11) is -0.511. The van der Waals surface area contributed by atoms with Crippen molar-refractivity contribution in [1.82, 2.24) is 44.9 Å². The molecule has 0 radical (unpaired) electrons. The van der Waals surface area contributed by atoms with E-state index < -0.39 is 18.3 Å². The van der Waals surface area contributed by atoms with Gasteiger partial charge in [-0.05, 0) is 137 Å². The number of nitrogens with zero attached hydrogens (tertiary/aromatic N) is 9. The molecule has 2 fully saturated rings. The smallest absolute Gasteiger partial charge is 0.399 e. The maximum atomic E-state index is 6.35. The van der Waals surface area contributed by atoms with E-state index in [1.54, 1.807) is 6.07 Å². The molecule has 2 saturated heterocycles. The third-order valence-electron chi connectivity index (χ3n) is 18.5. The van der Waals surface area contributed by atoms with Crippen molar-refractivity contribution in [2.45, 2.75) is 71.5 Å². The quantitative estimate of drug-likeness (QED) is 0.0469. The summed E-state index contributed by atoms with van der Waals surface area (Å²) < 4.78 is 20.8. The molecule has 0 atom stereocenters. The van der Waals surface area contributed by atoms with Crippen LogP contribution >= 0.6 is 89.3 Å². The average Bonchev–Trinajstić information content (AvgIpc) is 1.54. The van der Waals surface area contributed by atoms with Crippen LogP contribution in [-0.2, 0) is 14.0 Å². The second-order valence-corrected chi connectivity index (χ2v) is 31.3. The molecule has 0 spiro atoms. The van der Waals surface area contributed by atoms with Crippen molar-refractivity contribution in [2.24, 2.45) is 0 Å². The fraction of sp³-hybridized carbons (Fsp3) is 0.137. The Hall–Kier alpha value is -8.63. The molecule has 0 amide bonds. The minimum Gasteiger partial charge on any atom is -0.399 e. The monoisotopic (exact) mass is 1810 g/mol. The predicted molar refractivity (Wildman–Crippen MR) is 484 cm³/mol. The van der Waals surface area contributed by atoms with Gasteiger partial charge in [0, 0.05) is 80.3 Å². The van der Waals surface area contributed by atoms with Gasteiger partial charge in [-0.3, -0.25) is 0 Å². The second-order valence-electron chi connectivity index (χ2n) is 27.2. The van der Waals surface area contributed by atoms with E-state index in [0.29, 0.717) is 62.5 Å². The number of unbranched alkanes of at least 4 members (excludes halogenated alkanes) is 1. The van der Waals surface area contributed by atoms with Crippen molar-refractivity contribution >= 4 is 102 Å². The molecule has 2 aliphatic rings. The Morgan fingerprint density at radius 1 is 0.371 bits per heavy atom. The fourth-order valence-electron chi connectivity index (χ4n) is 11.8. The molecule has 116 heavy (non-hydrogen) atoms. The van der Waals surface area contributed by atoms with E-state index in [1.807, 2.05) is 297 Å². The van der Waals surface area contributed by atoms with Gasteiger partial charge in [0.2, 0.25) is 0 Å². The molecule has 0 unspecified atom stereocenters. The molecule has 5 heterocycles. The van der Waals surface area contributed by atoms with Gasteiger partial charge in [0.25, 0.3) is 0 Å². The van der Waals surface area contributed by atoms with Gasteiger partial charge in [-0.15, -0.1) is 41.4 Å². The van der Waals surface area contributed by atoms with Gasteiger partial charge in [-0.25, -0.2) is 44.9 Å². The van der Waals surface area contributed by atoms with E-state index in [1.165, 1.54) is 22.8 Å². The first kappa shape index (κ1) is 89.7. The summed E-state index contributed by atoms with van der Waals surface area (Å²) in [4.78, 5) is 43.5. The zero-order chi connectivity index (χ0) is 79.8. The molecular formula is C95H80BBr2Cl3ILi2N9O3. The number of ether oxygens (including phenoxy) is 1. The Kier molecular flexibility index (Phi) is 34.2. The summed E-state index contributed by atoms with van der Waals surface area (Å²) in [5.74, 6) is 5.64. The summed E-state index contributed by atoms with van der Waals surface area (Å²) in [6.07, 6.45) is 4.83. The predicted octanol–water partition coefficient (Wildman–Crippen LogP) is 20.3. The first-order chi connectivity index (χ1) is 55.4. The molecule has 12 nitrogen and oxygen atoms in total. The zero-order valence-corrected chi connectivity index (χ0v) is 73.1. The number of hydrogen-bond acceptors (Lipinski definition) is 12. The van der Waals surface area contributed by atoms with Crippen molar-refractivity contribution in [3.05, 3.63) is 350 Å². The minimum absolute atomic E-state index is 0. The molecule has 2 aliphatic heterocycles.